The number of aryl methyl sites for hydroxylation is 1. The lowest BCUT2D eigenvalue weighted by atomic mass is 9.99. The molecule has 36 heavy (non-hydrogen) atoms. The van der Waals surface area contributed by atoms with Gasteiger partial charge in [0.2, 0.25) is 0 Å². The Morgan fingerprint density at radius 1 is 1.17 bits per heavy atom. The standard InChI is InChI=1S/C27H24F2N4O3/c1-32-12-20-18(6-7-25(26(20)31-32)36-15-17-4-3-9-35-17)16-10-22(28)21(23(29)11-16)13-33-14-24-19(27(33)34)5-2-8-30-24/h2,5-8,10-12,17H,3-4,9,13-15H2,1H3. The summed E-state index contributed by atoms with van der Waals surface area (Å²) in [7, 11) is 1.79. The summed E-state index contributed by atoms with van der Waals surface area (Å²) in [4.78, 5) is 18.2. The summed E-state index contributed by atoms with van der Waals surface area (Å²) < 4.78 is 43.7. The SMILES string of the molecule is Cn1cc2c(-c3cc(F)c(CN4Cc5ncccc5C4=O)c(F)c3)ccc(OCC3CCCO3)c2n1. The van der Waals surface area contributed by atoms with Gasteiger partial charge in [-0.15, -0.1) is 0 Å². The molecule has 7 nitrogen and oxygen atoms in total. The summed E-state index contributed by atoms with van der Waals surface area (Å²) in [6.45, 7) is 1.22. The summed E-state index contributed by atoms with van der Waals surface area (Å²) in [5.41, 5.74) is 2.57. The highest BCUT2D eigenvalue weighted by Crippen LogP contribution is 2.36. The van der Waals surface area contributed by atoms with Gasteiger partial charge in [-0.3, -0.25) is 14.5 Å². The molecule has 2 aliphatic rings. The molecule has 2 aromatic carbocycles. The van der Waals surface area contributed by atoms with Gasteiger partial charge in [0.05, 0.1) is 30.5 Å². The van der Waals surface area contributed by atoms with Crippen molar-refractivity contribution in [3.63, 3.8) is 0 Å². The number of benzene rings is 2. The van der Waals surface area contributed by atoms with Gasteiger partial charge in [0.25, 0.3) is 5.91 Å². The lowest BCUT2D eigenvalue weighted by molar-refractivity contribution is 0.0684. The van der Waals surface area contributed by atoms with Crippen LogP contribution in [0.15, 0.2) is 48.8 Å². The molecule has 4 heterocycles. The van der Waals surface area contributed by atoms with E-state index in [-0.39, 0.29) is 30.7 Å². The first kappa shape index (κ1) is 22.6. The molecule has 1 amide bonds. The van der Waals surface area contributed by atoms with Crippen molar-refractivity contribution in [2.24, 2.45) is 7.05 Å². The number of aromatic nitrogens is 3. The fraction of sp³-hybridized carbons (Fsp3) is 0.296. The monoisotopic (exact) mass is 490 g/mol. The van der Waals surface area contributed by atoms with Crippen LogP contribution < -0.4 is 4.74 Å². The van der Waals surface area contributed by atoms with E-state index in [0.717, 1.165) is 24.8 Å². The number of hydrogen-bond acceptors (Lipinski definition) is 5. The van der Waals surface area contributed by atoms with E-state index in [2.05, 4.69) is 10.1 Å². The molecule has 9 heteroatoms. The minimum Gasteiger partial charge on any atom is -0.489 e. The molecule has 0 N–H and O–H groups in total. The first-order valence-electron chi connectivity index (χ1n) is 11.9. The van der Waals surface area contributed by atoms with Crippen LogP contribution in [0.4, 0.5) is 8.78 Å². The van der Waals surface area contributed by atoms with Crippen LogP contribution in [-0.2, 0) is 24.9 Å². The summed E-state index contributed by atoms with van der Waals surface area (Å²) in [5.74, 6) is -1.10. The van der Waals surface area contributed by atoms with Crippen LogP contribution in [0.3, 0.4) is 0 Å². The van der Waals surface area contributed by atoms with Gasteiger partial charge in [0.15, 0.2) is 0 Å². The molecule has 1 unspecified atom stereocenters. The second-order valence-electron chi connectivity index (χ2n) is 9.20. The van der Waals surface area contributed by atoms with Gasteiger partial charge in [-0.05, 0) is 60.4 Å². The zero-order valence-corrected chi connectivity index (χ0v) is 19.7. The lowest BCUT2D eigenvalue weighted by Gasteiger charge is -2.17. The van der Waals surface area contributed by atoms with Crippen LogP contribution in [0, 0.1) is 11.6 Å². The number of carbonyl (C=O) groups excluding carboxylic acids is 1. The van der Waals surface area contributed by atoms with E-state index in [1.54, 1.807) is 48.4 Å². The van der Waals surface area contributed by atoms with Gasteiger partial charge in [-0.1, -0.05) is 0 Å². The number of nitrogens with zero attached hydrogens (tertiary/aromatic N) is 4. The highest BCUT2D eigenvalue weighted by atomic mass is 19.1. The lowest BCUT2D eigenvalue weighted by Crippen LogP contribution is -2.24. The highest BCUT2D eigenvalue weighted by molar-refractivity contribution is 5.98. The van der Waals surface area contributed by atoms with E-state index >= 15 is 8.78 Å². The maximum Gasteiger partial charge on any atom is 0.256 e. The molecule has 0 bridgehead atoms. The first-order valence-corrected chi connectivity index (χ1v) is 11.9. The van der Waals surface area contributed by atoms with Gasteiger partial charge in [0.1, 0.15) is 29.5 Å². The molecule has 0 radical (unpaired) electrons. The Labute approximate surface area is 206 Å². The number of rotatable bonds is 6. The van der Waals surface area contributed by atoms with Crippen LogP contribution in [0.5, 0.6) is 5.75 Å². The van der Waals surface area contributed by atoms with Gasteiger partial charge >= 0.3 is 0 Å². The number of hydrogen-bond donors (Lipinski definition) is 0. The third-order valence-electron chi connectivity index (χ3n) is 6.75. The molecular weight excluding hydrogens is 466 g/mol. The van der Waals surface area contributed by atoms with Crippen molar-refractivity contribution in [3.05, 3.63) is 77.2 Å². The predicted molar refractivity (Wildman–Crippen MR) is 128 cm³/mol. The van der Waals surface area contributed by atoms with E-state index in [4.69, 9.17) is 9.47 Å². The van der Waals surface area contributed by atoms with Crippen molar-refractivity contribution in [3.8, 4) is 16.9 Å². The number of pyridine rings is 1. The number of halogens is 2. The van der Waals surface area contributed by atoms with Gasteiger partial charge in [-0.2, -0.15) is 5.10 Å². The Kier molecular flexibility index (Phi) is 5.64. The van der Waals surface area contributed by atoms with Crippen molar-refractivity contribution < 1.29 is 23.0 Å². The van der Waals surface area contributed by atoms with Crippen LogP contribution in [-0.4, -0.2) is 44.9 Å². The minimum atomic E-state index is -0.711. The van der Waals surface area contributed by atoms with Crippen LogP contribution in [0.25, 0.3) is 22.0 Å². The topological polar surface area (TPSA) is 69.5 Å². The molecule has 6 rings (SSSR count). The smallest absolute Gasteiger partial charge is 0.256 e. The molecule has 0 saturated carbocycles. The Hall–Kier alpha value is -3.85. The maximum absolute atomic E-state index is 15.2. The minimum absolute atomic E-state index is 0.0604. The largest absolute Gasteiger partial charge is 0.489 e. The number of amides is 1. The second-order valence-corrected chi connectivity index (χ2v) is 9.20. The van der Waals surface area contributed by atoms with Gasteiger partial charge in [0, 0.05) is 37.0 Å². The average Bonchev–Trinajstić information content (AvgIpc) is 3.59. The third kappa shape index (κ3) is 3.99. The van der Waals surface area contributed by atoms with Crippen molar-refractivity contribution in [2.75, 3.05) is 13.2 Å². The molecule has 4 aromatic rings. The fourth-order valence-electron chi connectivity index (χ4n) is 4.93. The van der Waals surface area contributed by atoms with Crippen molar-refractivity contribution in [1.82, 2.24) is 19.7 Å². The van der Waals surface area contributed by atoms with E-state index in [0.29, 0.717) is 40.3 Å². The molecule has 0 spiro atoms. The molecule has 1 saturated heterocycles. The van der Waals surface area contributed by atoms with Gasteiger partial charge in [-0.25, -0.2) is 8.78 Å². The average molecular weight is 491 g/mol. The molecule has 184 valence electrons. The maximum atomic E-state index is 15.2. The summed E-state index contributed by atoms with van der Waals surface area (Å²) in [6.07, 6.45) is 5.45. The predicted octanol–water partition coefficient (Wildman–Crippen LogP) is 4.63. The number of carbonyl (C=O) groups is 1. The Morgan fingerprint density at radius 2 is 2.00 bits per heavy atom. The summed E-state index contributed by atoms with van der Waals surface area (Å²) in [6, 6.07) is 9.52. The third-order valence-corrected chi connectivity index (χ3v) is 6.75. The van der Waals surface area contributed by atoms with E-state index in [9.17, 15) is 4.79 Å². The molecular formula is C27H24F2N4O3. The zero-order valence-electron chi connectivity index (χ0n) is 19.7. The van der Waals surface area contributed by atoms with E-state index < -0.39 is 11.6 Å². The summed E-state index contributed by atoms with van der Waals surface area (Å²) in [5, 5.41) is 5.24. The number of fused-ring (bicyclic) bond motifs is 2. The van der Waals surface area contributed by atoms with E-state index in [1.807, 2.05) is 0 Å². The van der Waals surface area contributed by atoms with Crippen LogP contribution >= 0.6 is 0 Å². The highest BCUT2D eigenvalue weighted by Gasteiger charge is 2.30. The second kappa shape index (κ2) is 8.98. The van der Waals surface area contributed by atoms with Crippen molar-refractivity contribution in [2.45, 2.75) is 32.0 Å². The molecule has 2 aromatic heterocycles. The quantitative estimate of drug-likeness (QED) is 0.394. The van der Waals surface area contributed by atoms with Gasteiger partial charge < -0.3 is 14.4 Å². The van der Waals surface area contributed by atoms with Crippen LogP contribution in [0.2, 0.25) is 0 Å². The van der Waals surface area contributed by atoms with Crippen LogP contribution in [0.1, 0.15) is 34.5 Å². The molecule has 1 atom stereocenters. The van der Waals surface area contributed by atoms with E-state index in [1.165, 1.54) is 17.0 Å². The van der Waals surface area contributed by atoms with Crippen molar-refractivity contribution in [1.29, 1.82) is 0 Å². The first-order chi connectivity index (χ1) is 17.5. The molecule has 0 aliphatic carbocycles. The fourth-order valence-corrected chi connectivity index (χ4v) is 4.93. The van der Waals surface area contributed by atoms with Crippen molar-refractivity contribution >= 4 is 16.8 Å². The zero-order chi connectivity index (χ0) is 24.8. The summed E-state index contributed by atoms with van der Waals surface area (Å²) >= 11 is 0. The Morgan fingerprint density at radius 3 is 2.75 bits per heavy atom. The molecule has 2 aliphatic heterocycles. The Balaban J connectivity index is 1.29. The number of ether oxygens (including phenoxy) is 2. The normalized spacial score (nSPS) is 17.2. The molecule has 1 fully saturated rings. The Bertz CT molecular complexity index is 1460.